The van der Waals surface area contributed by atoms with Crippen molar-refractivity contribution in [2.75, 3.05) is 31.1 Å². The molecule has 0 saturated carbocycles. The first-order chi connectivity index (χ1) is 9.13. The summed E-state index contributed by atoms with van der Waals surface area (Å²) in [5.41, 5.74) is 6.79. The molecule has 5 heteroatoms. The van der Waals surface area contributed by atoms with E-state index in [9.17, 15) is 0 Å². The second-order valence-electron chi connectivity index (χ2n) is 5.29. The number of aromatic nitrogens is 2. The normalized spacial score (nSPS) is 23.5. The Balaban J connectivity index is 2.17. The predicted octanol–water partition coefficient (Wildman–Crippen LogP) is 1.60. The third kappa shape index (κ3) is 3.35. The van der Waals surface area contributed by atoms with Gasteiger partial charge in [-0.25, -0.2) is 4.98 Å². The average Bonchev–Trinajstić information content (AvgIpc) is 2.39. The molecule has 1 aliphatic rings. The minimum absolute atomic E-state index is 0.522. The van der Waals surface area contributed by atoms with Gasteiger partial charge in [-0.2, -0.15) is 4.98 Å². The van der Waals surface area contributed by atoms with Gasteiger partial charge in [0.15, 0.2) is 0 Å². The van der Waals surface area contributed by atoms with Crippen molar-refractivity contribution in [3.05, 3.63) is 11.8 Å². The van der Waals surface area contributed by atoms with Crippen LogP contribution in [0.1, 0.15) is 26.0 Å². The average molecular weight is 264 g/mol. The Kier molecular flexibility index (Phi) is 4.58. The Morgan fingerprint density at radius 2 is 2.26 bits per heavy atom. The largest absolute Gasteiger partial charge is 0.478 e. The molecule has 19 heavy (non-hydrogen) atoms. The molecule has 2 atom stereocenters. The van der Waals surface area contributed by atoms with Crippen molar-refractivity contribution in [1.82, 2.24) is 9.97 Å². The Hall–Kier alpha value is -1.36. The lowest BCUT2D eigenvalue weighted by Crippen LogP contribution is -2.43. The standard InChI is InChI=1S/C14H24N4O/c1-4-19-13-7-11(3)16-14(17-13)18-6-5-10(2)12(8-15)9-18/h7,10,12H,4-6,8-9,15H2,1-3H3. The van der Waals surface area contributed by atoms with Crippen LogP contribution >= 0.6 is 0 Å². The van der Waals surface area contributed by atoms with Gasteiger partial charge < -0.3 is 15.4 Å². The van der Waals surface area contributed by atoms with E-state index < -0.39 is 0 Å². The third-order valence-electron chi connectivity index (χ3n) is 3.81. The van der Waals surface area contributed by atoms with Crippen molar-refractivity contribution in [2.24, 2.45) is 17.6 Å². The molecule has 1 fully saturated rings. The summed E-state index contributed by atoms with van der Waals surface area (Å²) < 4.78 is 5.49. The van der Waals surface area contributed by atoms with Crippen molar-refractivity contribution in [2.45, 2.75) is 27.2 Å². The maximum absolute atomic E-state index is 5.85. The first-order valence-corrected chi connectivity index (χ1v) is 7.07. The molecule has 2 unspecified atom stereocenters. The SMILES string of the molecule is CCOc1cc(C)nc(N2CCC(C)C(CN)C2)n1. The van der Waals surface area contributed by atoms with Gasteiger partial charge in [0.25, 0.3) is 0 Å². The van der Waals surface area contributed by atoms with Crippen molar-refractivity contribution < 1.29 is 4.74 Å². The zero-order valence-electron chi connectivity index (χ0n) is 12.1. The second-order valence-corrected chi connectivity index (χ2v) is 5.29. The Bertz CT molecular complexity index is 424. The number of hydrogen-bond acceptors (Lipinski definition) is 5. The number of rotatable bonds is 4. The van der Waals surface area contributed by atoms with E-state index >= 15 is 0 Å². The highest BCUT2D eigenvalue weighted by Gasteiger charge is 2.26. The highest BCUT2D eigenvalue weighted by atomic mass is 16.5. The van der Waals surface area contributed by atoms with Crippen LogP contribution in [0.4, 0.5) is 5.95 Å². The Labute approximate surface area is 115 Å². The first kappa shape index (κ1) is 14.1. The molecular weight excluding hydrogens is 240 g/mol. The maximum atomic E-state index is 5.85. The molecule has 106 valence electrons. The number of nitrogens with zero attached hydrogens (tertiary/aromatic N) is 3. The van der Waals surface area contributed by atoms with Crippen molar-refractivity contribution in [3.63, 3.8) is 0 Å². The van der Waals surface area contributed by atoms with Crippen LogP contribution in [0.15, 0.2) is 6.07 Å². The Morgan fingerprint density at radius 1 is 1.47 bits per heavy atom. The molecule has 0 spiro atoms. The molecule has 2 heterocycles. The van der Waals surface area contributed by atoms with Gasteiger partial charge in [0.2, 0.25) is 11.8 Å². The zero-order chi connectivity index (χ0) is 13.8. The van der Waals surface area contributed by atoms with Gasteiger partial charge in [-0.15, -0.1) is 0 Å². The minimum Gasteiger partial charge on any atom is -0.478 e. The van der Waals surface area contributed by atoms with E-state index in [1.807, 2.05) is 19.9 Å². The lowest BCUT2D eigenvalue weighted by molar-refractivity contribution is 0.302. The second kappa shape index (κ2) is 6.19. The molecule has 0 aromatic carbocycles. The van der Waals surface area contributed by atoms with Crippen LogP contribution in [0.25, 0.3) is 0 Å². The lowest BCUT2D eigenvalue weighted by Gasteiger charge is -2.36. The molecule has 0 bridgehead atoms. The first-order valence-electron chi connectivity index (χ1n) is 7.07. The van der Waals surface area contributed by atoms with Gasteiger partial charge in [-0.1, -0.05) is 6.92 Å². The van der Waals surface area contributed by atoms with Gasteiger partial charge >= 0.3 is 0 Å². The predicted molar refractivity (Wildman–Crippen MR) is 76.5 cm³/mol. The fourth-order valence-corrected chi connectivity index (χ4v) is 2.53. The molecule has 1 aliphatic heterocycles. The number of piperidine rings is 1. The number of aryl methyl sites for hydroxylation is 1. The molecule has 5 nitrogen and oxygen atoms in total. The maximum Gasteiger partial charge on any atom is 0.228 e. The summed E-state index contributed by atoms with van der Waals surface area (Å²) in [4.78, 5) is 11.2. The monoisotopic (exact) mass is 264 g/mol. The Morgan fingerprint density at radius 3 is 2.95 bits per heavy atom. The molecule has 0 aliphatic carbocycles. The summed E-state index contributed by atoms with van der Waals surface area (Å²) in [6.07, 6.45) is 1.14. The summed E-state index contributed by atoms with van der Waals surface area (Å²) in [6.45, 7) is 9.49. The van der Waals surface area contributed by atoms with Crippen LogP contribution in [0, 0.1) is 18.8 Å². The van der Waals surface area contributed by atoms with E-state index in [-0.39, 0.29) is 0 Å². The molecule has 0 amide bonds. The van der Waals surface area contributed by atoms with Crippen LogP contribution in [0.2, 0.25) is 0 Å². The van der Waals surface area contributed by atoms with E-state index in [1.54, 1.807) is 0 Å². The van der Waals surface area contributed by atoms with Crippen molar-refractivity contribution in [3.8, 4) is 5.88 Å². The molecular formula is C14H24N4O. The number of nitrogens with two attached hydrogens (primary N) is 1. The molecule has 2 N–H and O–H groups in total. The fourth-order valence-electron chi connectivity index (χ4n) is 2.53. The molecule has 2 rings (SSSR count). The summed E-state index contributed by atoms with van der Waals surface area (Å²) >= 11 is 0. The number of anilines is 1. The minimum atomic E-state index is 0.522. The zero-order valence-corrected chi connectivity index (χ0v) is 12.1. The molecule has 1 aromatic rings. The topological polar surface area (TPSA) is 64.3 Å². The van der Waals surface area contributed by atoms with E-state index in [0.717, 1.165) is 37.7 Å². The van der Waals surface area contributed by atoms with Crippen LogP contribution in [-0.2, 0) is 0 Å². The van der Waals surface area contributed by atoms with Gasteiger partial charge in [-0.05, 0) is 38.6 Å². The van der Waals surface area contributed by atoms with E-state index in [2.05, 4.69) is 21.8 Å². The summed E-state index contributed by atoms with van der Waals surface area (Å²) in [5.74, 6) is 2.63. The number of ether oxygens (including phenoxy) is 1. The van der Waals surface area contributed by atoms with Gasteiger partial charge in [0.1, 0.15) is 0 Å². The van der Waals surface area contributed by atoms with Crippen LogP contribution in [0.5, 0.6) is 5.88 Å². The van der Waals surface area contributed by atoms with Crippen LogP contribution in [-0.4, -0.2) is 36.2 Å². The van der Waals surface area contributed by atoms with E-state index in [1.165, 1.54) is 0 Å². The highest BCUT2D eigenvalue weighted by molar-refractivity contribution is 5.35. The summed E-state index contributed by atoms with van der Waals surface area (Å²) in [6, 6.07) is 1.87. The van der Waals surface area contributed by atoms with Gasteiger partial charge in [0, 0.05) is 24.8 Å². The summed E-state index contributed by atoms with van der Waals surface area (Å²) in [5, 5.41) is 0. The van der Waals surface area contributed by atoms with Crippen LogP contribution < -0.4 is 15.4 Å². The fraction of sp³-hybridized carbons (Fsp3) is 0.714. The number of hydrogen-bond donors (Lipinski definition) is 1. The summed E-state index contributed by atoms with van der Waals surface area (Å²) in [7, 11) is 0. The van der Waals surface area contributed by atoms with E-state index in [0.29, 0.717) is 24.3 Å². The van der Waals surface area contributed by atoms with Crippen molar-refractivity contribution >= 4 is 5.95 Å². The third-order valence-corrected chi connectivity index (χ3v) is 3.81. The molecule has 1 aromatic heterocycles. The van der Waals surface area contributed by atoms with Crippen molar-refractivity contribution in [1.29, 1.82) is 0 Å². The van der Waals surface area contributed by atoms with Crippen LogP contribution in [0.3, 0.4) is 0 Å². The highest BCUT2D eigenvalue weighted by Crippen LogP contribution is 2.26. The van der Waals surface area contributed by atoms with Gasteiger partial charge in [0.05, 0.1) is 6.61 Å². The molecule has 1 saturated heterocycles. The quantitative estimate of drug-likeness (QED) is 0.895. The molecule has 0 radical (unpaired) electrons. The van der Waals surface area contributed by atoms with Gasteiger partial charge in [-0.3, -0.25) is 0 Å². The smallest absolute Gasteiger partial charge is 0.228 e. The van der Waals surface area contributed by atoms with E-state index in [4.69, 9.17) is 10.5 Å². The lowest BCUT2D eigenvalue weighted by atomic mass is 9.87.